The van der Waals surface area contributed by atoms with Crippen molar-refractivity contribution in [2.75, 3.05) is 0 Å². The minimum Gasteiger partial charge on any atom is -0.358 e. The van der Waals surface area contributed by atoms with Gasteiger partial charge >= 0.3 is 0 Å². The molecule has 0 saturated heterocycles. The quantitative estimate of drug-likeness (QED) is 0.816. The highest BCUT2D eigenvalue weighted by Crippen LogP contribution is 2.15. The van der Waals surface area contributed by atoms with Crippen molar-refractivity contribution in [1.29, 1.82) is 0 Å². The second kappa shape index (κ2) is 7.58. The molecule has 2 aromatic carbocycles. The van der Waals surface area contributed by atoms with E-state index >= 15 is 0 Å². The Labute approximate surface area is 144 Å². The SMILES string of the molecule is Cc1cc(Cl)ccc1CNC(=S)NC(=O)c1ccccc1Cl. The highest BCUT2D eigenvalue weighted by atomic mass is 35.5. The van der Waals surface area contributed by atoms with Crippen molar-refractivity contribution >= 4 is 46.4 Å². The Morgan fingerprint density at radius 1 is 1.18 bits per heavy atom. The Hall–Kier alpha value is -1.62. The van der Waals surface area contributed by atoms with Gasteiger partial charge in [0.15, 0.2) is 5.11 Å². The van der Waals surface area contributed by atoms with Gasteiger partial charge < -0.3 is 5.32 Å². The number of rotatable bonds is 3. The van der Waals surface area contributed by atoms with Crippen LogP contribution in [0.3, 0.4) is 0 Å². The van der Waals surface area contributed by atoms with E-state index in [-0.39, 0.29) is 11.0 Å². The average molecular weight is 353 g/mol. The van der Waals surface area contributed by atoms with Crippen molar-refractivity contribution in [3.8, 4) is 0 Å². The molecule has 0 unspecified atom stereocenters. The zero-order valence-electron chi connectivity index (χ0n) is 11.8. The van der Waals surface area contributed by atoms with E-state index in [0.29, 0.717) is 22.2 Å². The van der Waals surface area contributed by atoms with E-state index in [0.717, 1.165) is 11.1 Å². The molecule has 6 heteroatoms. The molecule has 2 aromatic rings. The summed E-state index contributed by atoms with van der Waals surface area (Å²) in [6.45, 7) is 2.47. The van der Waals surface area contributed by atoms with Crippen LogP contribution in [0.5, 0.6) is 0 Å². The maximum absolute atomic E-state index is 12.1. The third-order valence-corrected chi connectivity index (χ3v) is 3.90. The molecule has 0 atom stereocenters. The van der Waals surface area contributed by atoms with Crippen molar-refractivity contribution in [2.24, 2.45) is 0 Å². The van der Waals surface area contributed by atoms with Gasteiger partial charge in [-0.05, 0) is 54.5 Å². The summed E-state index contributed by atoms with van der Waals surface area (Å²) >= 11 is 17.0. The van der Waals surface area contributed by atoms with Crippen LogP contribution in [0.2, 0.25) is 10.0 Å². The maximum atomic E-state index is 12.1. The van der Waals surface area contributed by atoms with E-state index in [9.17, 15) is 4.79 Å². The molecule has 0 aliphatic rings. The van der Waals surface area contributed by atoms with Gasteiger partial charge in [0, 0.05) is 11.6 Å². The van der Waals surface area contributed by atoms with Gasteiger partial charge in [0.1, 0.15) is 0 Å². The van der Waals surface area contributed by atoms with Crippen molar-refractivity contribution in [1.82, 2.24) is 10.6 Å². The molecular formula is C16H14Cl2N2OS. The number of halogens is 2. The first-order valence-corrected chi connectivity index (χ1v) is 7.72. The number of carbonyl (C=O) groups is 1. The second-order valence-electron chi connectivity index (χ2n) is 4.69. The first-order valence-electron chi connectivity index (χ1n) is 6.56. The first-order chi connectivity index (χ1) is 10.5. The molecule has 0 aromatic heterocycles. The normalized spacial score (nSPS) is 10.1. The molecule has 0 radical (unpaired) electrons. The number of hydrogen-bond donors (Lipinski definition) is 2. The van der Waals surface area contributed by atoms with Gasteiger partial charge in [-0.1, -0.05) is 41.4 Å². The standard InChI is InChI=1S/C16H14Cl2N2OS/c1-10-8-12(17)7-6-11(10)9-19-16(22)20-15(21)13-4-2-3-5-14(13)18/h2-8H,9H2,1H3,(H2,19,20,21,22). The van der Waals surface area contributed by atoms with Crippen LogP contribution in [-0.2, 0) is 6.54 Å². The molecule has 2 rings (SSSR count). The molecule has 114 valence electrons. The molecule has 0 saturated carbocycles. The minimum absolute atomic E-state index is 0.249. The monoisotopic (exact) mass is 352 g/mol. The van der Waals surface area contributed by atoms with Crippen molar-refractivity contribution in [3.05, 3.63) is 69.2 Å². The van der Waals surface area contributed by atoms with Crippen LogP contribution in [0.25, 0.3) is 0 Å². The minimum atomic E-state index is -0.337. The number of nitrogens with one attached hydrogen (secondary N) is 2. The van der Waals surface area contributed by atoms with Crippen molar-refractivity contribution < 1.29 is 4.79 Å². The molecule has 0 aliphatic heterocycles. The number of thiocarbonyl (C=S) groups is 1. The molecule has 2 N–H and O–H groups in total. The number of carbonyl (C=O) groups excluding carboxylic acids is 1. The van der Waals surface area contributed by atoms with E-state index in [1.165, 1.54) is 0 Å². The lowest BCUT2D eigenvalue weighted by atomic mass is 10.1. The number of aryl methyl sites for hydroxylation is 1. The van der Waals surface area contributed by atoms with Crippen LogP contribution in [0.1, 0.15) is 21.5 Å². The summed E-state index contributed by atoms with van der Waals surface area (Å²) in [7, 11) is 0. The fourth-order valence-corrected chi connectivity index (χ4v) is 2.51. The molecule has 0 heterocycles. The summed E-state index contributed by atoms with van der Waals surface area (Å²) in [4.78, 5) is 12.1. The largest absolute Gasteiger partial charge is 0.358 e. The smallest absolute Gasteiger partial charge is 0.258 e. The van der Waals surface area contributed by atoms with Gasteiger partial charge in [-0.3, -0.25) is 10.1 Å². The van der Waals surface area contributed by atoms with Gasteiger partial charge in [-0.25, -0.2) is 0 Å². The second-order valence-corrected chi connectivity index (χ2v) is 5.94. The highest BCUT2D eigenvalue weighted by Gasteiger charge is 2.11. The summed E-state index contributed by atoms with van der Waals surface area (Å²) in [5, 5.41) is 6.93. The van der Waals surface area contributed by atoms with Crippen LogP contribution in [0, 0.1) is 6.92 Å². The van der Waals surface area contributed by atoms with E-state index < -0.39 is 0 Å². The maximum Gasteiger partial charge on any atom is 0.258 e. The Kier molecular flexibility index (Phi) is 5.77. The average Bonchev–Trinajstić information content (AvgIpc) is 2.46. The lowest BCUT2D eigenvalue weighted by molar-refractivity contribution is 0.0977. The van der Waals surface area contributed by atoms with Gasteiger partial charge in [0.2, 0.25) is 0 Å². The topological polar surface area (TPSA) is 41.1 Å². The van der Waals surface area contributed by atoms with E-state index in [1.807, 2.05) is 25.1 Å². The van der Waals surface area contributed by atoms with Gasteiger partial charge in [-0.15, -0.1) is 0 Å². The van der Waals surface area contributed by atoms with Crippen molar-refractivity contribution in [3.63, 3.8) is 0 Å². The Balaban J connectivity index is 1.93. The van der Waals surface area contributed by atoms with Gasteiger partial charge in [0.25, 0.3) is 5.91 Å². The number of amides is 1. The van der Waals surface area contributed by atoms with Crippen LogP contribution in [-0.4, -0.2) is 11.0 Å². The van der Waals surface area contributed by atoms with Crippen LogP contribution < -0.4 is 10.6 Å². The van der Waals surface area contributed by atoms with Crippen molar-refractivity contribution in [2.45, 2.75) is 13.5 Å². The number of hydrogen-bond acceptors (Lipinski definition) is 2. The Morgan fingerprint density at radius 2 is 1.91 bits per heavy atom. The Morgan fingerprint density at radius 3 is 2.59 bits per heavy atom. The zero-order valence-corrected chi connectivity index (χ0v) is 14.1. The summed E-state index contributed by atoms with van der Waals surface area (Å²) in [5.41, 5.74) is 2.50. The fraction of sp³-hybridized carbons (Fsp3) is 0.125. The molecule has 0 bridgehead atoms. The molecule has 0 aliphatic carbocycles. The first kappa shape index (κ1) is 16.7. The molecule has 3 nitrogen and oxygen atoms in total. The zero-order chi connectivity index (χ0) is 16.1. The van der Waals surface area contributed by atoms with E-state index in [1.54, 1.807) is 24.3 Å². The molecule has 22 heavy (non-hydrogen) atoms. The fourth-order valence-electron chi connectivity index (χ4n) is 1.89. The van der Waals surface area contributed by atoms with E-state index in [2.05, 4.69) is 10.6 Å². The molecule has 0 spiro atoms. The molecular weight excluding hydrogens is 339 g/mol. The Bertz CT molecular complexity index is 719. The lowest BCUT2D eigenvalue weighted by Gasteiger charge is -2.12. The predicted octanol–water partition coefficient (Wildman–Crippen LogP) is 4.11. The predicted molar refractivity (Wildman–Crippen MR) is 94.5 cm³/mol. The highest BCUT2D eigenvalue weighted by molar-refractivity contribution is 7.80. The summed E-state index contributed by atoms with van der Waals surface area (Å²) in [5.74, 6) is -0.337. The van der Waals surface area contributed by atoms with E-state index in [4.69, 9.17) is 35.4 Å². The van der Waals surface area contributed by atoms with Gasteiger partial charge in [-0.2, -0.15) is 0 Å². The van der Waals surface area contributed by atoms with Crippen LogP contribution in [0.15, 0.2) is 42.5 Å². The van der Waals surface area contributed by atoms with Crippen LogP contribution in [0.4, 0.5) is 0 Å². The molecule has 1 amide bonds. The van der Waals surface area contributed by atoms with Crippen LogP contribution >= 0.6 is 35.4 Å². The molecule has 0 fully saturated rings. The third-order valence-electron chi connectivity index (χ3n) is 3.09. The third kappa shape index (κ3) is 4.44. The van der Waals surface area contributed by atoms with Gasteiger partial charge in [0.05, 0.1) is 10.6 Å². The number of benzene rings is 2. The lowest BCUT2D eigenvalue weighted by Crippen LogP contribution is -2.39. The summed E-state index contributed by atoms with van der Waals surface area (Å²) in [6.07, 6.45) is 0. The summed E-state index contributed by atoms with van der Waals surface area (Å²) in [6, 6.07) is 12.4. The summed E-state index contributed by atoms with van der Waals surface area (Å²) < 4.78 is 0.